The van der Waals surface area contributed by atoms with Gasteiger partial charge in [-0.1, -0.05) is 95.5 Å². The van der Waals surface area contributed by atoms with Crippen LogP contribution in [0, 0.1) is 0 Å². The van der Waals surface area contributed by atoms with Gasteiger partial charge in [0.1, 0.15) is 5.41 Å². The van der Waals surface area contributed by atoms with Crippen LogP contribution in [0.4, 0.5) is 0 Å². The van der Waals surface area contributed by atoms with E-state index in [1.54, 1.807) is 0 Å². The van der Waals surface area contributed by atoms with Crippen molar-refractivity contribution in [2.24, 2.45) is 0 Å². The van der Waals surface area contributed by atoms with E-state index in [2.05, 4.69) is 141 Å². The Bertz CT molecular complexity index is 1740. The molecule has 3 aromatic rings. The number of fused-ring (bicyclic) bond motifs is 8. The summed E-state index contributed by atoms with van der Waals surface area (Å²) in [5, 5.41) is 0. The molecule has 4 heterocycles. The number of benzene rings is 2. The van der Waals surface area contributed by atoms with E-state index >= 15 is 0 Å². The number of rotatable bonds is 3. The highest BCUT2D eigenvalue weighted by molar-refractivity contribution is 6.06. The van der Waals surface area contributed by atoms with Gasteiger partial charge in [0, 0.05) is 29.2 Å². The number of aromatic nitrogens is 1. The molecular formula is C38H38N2+2. The van der Waals surface area contributed by atoms with Gasteiger partial charge in [0.05, 0.1) is 11.1 Å². The molecule has 2 nitrogen and oxygen atoms in total. The van der Waals surface area contributed by atoms with Crippen LogP contribution in [0.5, 0.6) is 0 Å². The molecule has 7 rings (SSSR count). The fraction of sp³-hybridized carbons (Fsp3) is 0.263. The zero-order valence-electron chi connectivity index (χ0n) is 24.2. The number of hydrogen-bond acceptors (Lipinski definition) is 0. The molecule has 40 heavy (non-hydrogen) atoms. The quantitative estimate of drug-likeness (QED) is 0.305. The fourth-order valence-electron chi connectivity index (χ4n) is 7.80. The molecular weight excluding hydrogens is 484 g/mol. The summed E-state index contributed by atoms with van der Waals surface area (Å²) in [5.74, 6) is 0. The smallest absolute Gasteiger partial charge is 0.187 e. The lowest BCUT2D eigenvalue weighted by Gasteiger charge is -2.22. The zero-order chi connectivity index (χ0) is 27.9. The second-order valence-electron chi connectivity index (χ2n) is 12.6. The minimum atomic E-state index is -0.287. The average Bonchev–Trinajstić information content (AvgIpc) is 3.51. The lowest BCUT2D eigenvalue weighted by atomic mass is 9.79. The second kappa shape index (κ2) is 8.48. The molecule has 1 saturated carbocycles. The molecule has 1 aliphatic carbocycles. The van der Waals surface area contributed by atoms with E-state index in [1.165, 1.54) is 55.9 Å². The topological polar surface area (TPSA) is 6.89 Å². The molecule has 0 amide bonds. The largest absolute Gasteiger partial charge is 0.236 e. The van der Waals surface area contributed by atoms with Crippen LogP contribution in [-0.4, -0.2) is 15.8 Å². The normalized spacial score (nSPS) is 25.2. The predicted octanol–water partition coefficient (Wildman–Crippen LogP) is 8.30. The molecule has 2 aromatic carbocycles. The van der Waals surface area contributed by atoms with E-state index in [0.29, 0.717) is 0 Å². The van der Waals surface area contributed by atoms with Gasteiger partial charge in [0.2, 0.25) is 11.2 Å². The minimum Gasteiger partial charge on any atom is -0.187 e. The SMILES string of the molecule is C=C/C=C1\C(=C)C2=[N+](C=CCC2)C12C1=C[n+]3cc(C(C)(C)C)ccc3-c3cc(-c4ccccc4)ccc3C12CC. The summed E-state index contributed by atoms with van der Waals surface area (Å²) in [7, 11) is 0. The first-order valence-corrected chi connectivity index (χ1v) is 14.6. The standard InChI is InChI=1S/C38H38N2/c1-7-14-31-26(3)33-17-12-13-22-40(33)38(31)35-25-39-24-29(36(4,5)6)19-21-34(39)30-23-28(27-15-10-9-11-16-27)18-20-32(30)37(35,38)8-2/h7,9-11,13-16,18-25H,1,3,8,12,17H2,2,4-6H3/q+2/b31-14+. The molecule has 2 heteroatoms. The Morgan fingerprint density at radius 3 is 2.52 bits per heavy atom. The van der Waals surface area contributed by atoms with E-state index in [-0.39, 0.29) is 16.4 Å². The summed E-state index contributed by atoms with van der Waals surface area (Å²) in [6, 6.07) is 22.6. The third kappa shape index (κ3) is 3.05. The summed E-state index contributed by atoms with van der Waals surface area (Å²) in [6.07, 6.45) is 16.7. The molecule has 1 fully saturated rings. The van der Waals surface area contributed by atoms with Crippen molar-refractivity contribution in [1.82, 2.24) is 0 Å². The van der Waals surface area contributed by atoms with Crippen molar-refractivity contribution in [2.45, 2.75) is 63.3 Å². The molecule has 0 saturated heterocycles. The summed E-state index contributed by atoms with van der Waals surface area (Å²) in [5.41, 5.74) is 12.6. The Balaban J connectivity index is 1.59. The van der Waals surface area contributed by atoms with Crippen LogP contribution in [0.2, 0.25) is 0 Å². The van der Waals surface area contributed by atoms with Gasteiger partial charge in [-0.05, 0) is 53.2 Å². The van der Waals surface area contributed by atoms with Crippen molar-refractivity contribution in [3.63, 3.8) is 0 Å². The van der Waals surface area contributed by atoms with Gasteiger partial charge in [-0.3, -0.25) is 0 Å². The van der Waals surface area contributed by atoms with Gasteiger partial charge in [-0.2, -0.15) is 9.14 Å². The zero-order valence-corrected chi connectivity index (χ0v) is 24.2. The Morgan fingerprint density at radius 1 is 1.00 bits per heavy atom. The molecule has 4 aliphatic rings. The van der Waals surface area contributed by atoms with E-state index in [0.717, 1.165) is 19.3 Å². The third-order valence-electron chi connectivity index (χ3n) is 9.71. The van der Waals surface area contributed by atoms with Gasteiger partial charge in [-0.15, -0.1) is 0 Å². The van der Waals surface area contributed by atoms with Crippen LogP contribution in [0.1, 0.15) is 58.1 Å². The van der Waals surface area contributed by atoms with Crippen molar-refractivity contribution in [3.05, 3.63) is 132 Å². The predicted molar refractivity (Wildman–Crippen MR) is 166 cm³/mol. The van der Waals surface area contributed by atoms with Crippen LogP contribution >= 0.6 is 0 Å². The number of nitrogens with zero attached hydrogens (tertiary/aromatic N) is 2. The summed E-state index contributed by atoms with van der Waals surface area (Å²) in [6.45, 7) is 18.0. The van der Waals surface area contributed by atoms with E-state index in [4.69, 9.17) is 0 Å². The maximum absolute atomic E-state index is 4.66. The van der Waals surface area contributed by atoms with Gasteiger partial charge >= 0.3 is 0 Å². The Morgan fingerprint density at radius 2 is 1.80 bits per heavy atom. The molecule has 0 bridgehead atoms. The van der Waals surface area contributed by atoms with E-state index in [9.17, 15) is 0 Å². The second-order valence-corrected chi connectivity index (χ2v) is 12.6. The molecule has 1 spiro atoms. The van der Waals surface area contributed by atoms with Crippen molar-refractivity contribution < 1.29 is 9.14 Å². The summed E-state index contributed by atoms with van der Waals surface area (Å²) in [4.78, 5) is 0. The molecule has 0 N–H and O–H groups in total. The van der Waals surface area contributed by atoms with Gasteiger partial charge < -0.3 is 0 Å². The molecule has 1 aromatic heterocycles. The number of allylic oxidation sites excluding steroid dienone is 3. The van der Waals surface area contributed by atoms with Crippen LogP contribution in [0.25, 0.3) is 28.6 Å². The van der Waals surface area contributed by atoms with Gasteiger partial charge in [-0.25, -0.2) is 0 Å². The highest BCUT2D eigenvalue weighted by Gasteiger charge is 2.87. The third-order valence-corrected chi connectivity index (χ3v) is 9.71. The fourth-order valence-corrected chi connectivity index (χ4v) is 7.80. The first-order chi connectivity index (χ1) is 19.3. The molecule has 3 aliphatic heterocycles. The van der Waals surface area contributed by atoms with Crippen molar-refractivity contribution in [1.29, 1.82) is 0 Å². The van der Waals surface area contributed by atoms with Crippen LogP contribution in [-0.2, 0) is 10.8 Å². The molecule has 0 radical (unpaired) electrons. The lowest BCUT2D eigenvalue weighted by molar-refractivity contribution is -0.558. The van der Waals surface area contributed by atoms with Crippen molar-refractivity contribution in [2.75, 3.05) is 0 Å². The van der Waals surface area contributed by atoms with Crippen molar-refractivity contribution in [3.8, 4) is 22.4 Å². The minimum absolute atomic E-state index is 0.0523. The highest BCUT2D eigenvalue weighted by Crippen LogP contribution is 2.74. The maximum atomic E-state index is 4.66. The van der Waals surface area contributed by atoms with Crippen LogP contribution < -0.4 is 4.57 Å². The van der Waals surface area contributed by atoms with Crippen molar-refractivity contribution >= 4 is 11.9 Å². The Labute approximate surface area is 238 Å². The monoisotopic (exact) mass is 522 g/mol. The Hall–Kier alpha value is -4.04. The lowest BCUT2D eigenvalue weighted by Crippen LogP contribution is -2.36. The first kappa shape index (κ1) is 25.0. The molecule has 2 unspecified atom stereocenters. The summed E-state index contributed by atoms with van der Waals surface area (Å²) >= 11 is 0. The molecule has 198 valence electrons. The van der Waals surface area contributed by atoms with E-state index in [1.807, 2.05) is 6.08 Å². The van der Waals surface area contributed by atoms with E-state index < -0.39 is 0 Å². The van der Waals surface area contributed by atoms with Gasteiger partial charge in [0.25, 0.3) is 0 Å². The Kier molecular flexibility index (Phi) is 5.29. The number of pyridine rings is 1. The maximum Gasteiger partial charge on any atom is 0.236 e. The van der Waals surface area contributed by atoms with Crippen LogP contribution in [0.3, 0.4) is 0 Å². The van der Waals surface area contributed by atoms with Crippen LogP contribution in [0.15, 0.2) is 121 Å². The average molecular weight is 523 g/mol. The molecule has 2 atom stereocenters. The number of hydrogen-bond donors (Lipinski definition) is 0. The highest BCUT2D eigenvalue weighted by atomic mass is 15.2. The summed E-state index contributed by atoms with van der Waals surface area (Å²) < 4.78 is 4.98. The first-order valence-electron chi connectivity index (χ1n) is 14.6. The van der Waals surface area contributed by atoms with Gasteiger partial charge in [0.15, 0.2) is 24.3 Å².